The van der Waals surface area contributed by atoms with Crippen LogP contribution in [0.4, 0.5) is 13.2 Å². The summed E-state index contributed by atoms with van der Waals surface area (Å²) in [6, 6.07) is 11.8. The lowest BCUT2D eigenvalue weighted by molar-refractivity contribution is -0.137. The third-order valence-electron chi connectivity index (χ3n) is 4.65. The molecule has 1 fully saturated rings. The summed E-state index contributed by atoms with van der Waals surface area (Å²) in [7, 11) is 0. The fourth-order valence-corrected chi connectivity index (χ4v) is 4.07. The fraction of sp³-hybridized carbons (Fsp3) is 0.333. The van der Waals surface area contributed by atoms with Gasteiger partial charge in [-0.05, 0) is 42.7 Å². The van der Waals surface area contributed by atoms with E-state index in [9.17, 15) is 22.8 Å². The molecule has 29 heavy (non-hydrogen) atoms. The third kappa shape index (κ3) is 5.76. The first-order valence-corrected chi connectivity index (χ1v) is 10.3. The van der Waals surface area contributed by atoms with Crippen LogP contribution in [0.15, 0.2) is 53.4 Å². The summed E-state index contributed by atoms with van der Waals surface area (Å²) in [6.07, 6.45) is -2.39. The van der Waals surface area contributed by atoms with Gasteiger partial charge in [0.25, 0.3) is 5.91 Å². The Morgan fingerprint density at radius 1 is 1.03 bits per heavy atom. The molecule has 1 heterocycles. The summed E-state index contributed by atoms with van der Waals surface area (Å²) < 4.78 is 38.5. The number of rotatable bonds is 6. The van der Waals surface area contributed by atoms with E-state index in [1.165, 1.54) is 23.9 Å². The predicted molar refractivity (Wildman–Crippen MR) is 106 cm³/mol. The molecule has 2 aromatic rings. The molecule has 1 saturated heterocycles. The highest BCUT2D eigenvalue weighted by Gasteiger charge is 2.30. The van der Waals surface area contributed by atoms with E-state index in [0.29, 0.717) is 16.0 Å². The number of thioether (sulfide) groups is 1. The minimum atomic E-state index is -4.43. The van der Waals surface area contributed by atoms with Gasteiger partial charge in [0, 0.05) is 24.5 Å². The zero-order valence-electron chi connectivity index (χ0n) is 15.7. The Balaban J connectivity index is 1.62. The average molecular weight is 422 g/mol. The number of likely N-dealkylation sites (tertiary alicyclic amines) is 1. The van der Waals surface area contributed by atoms with E-state index >= 15 is 0 Å². The van der Waals surface area contributed by atoms with Crippen LogP contribution in [0, 0.1) is 0 Å². The van der Waals surface area contributed by atoms with Crippen LogP contribution in [0.2, 0.25) is 0 Å². The van der Waals surface area contributed by atoms with E-state index in [1.54, 1.807) is 24.3 Å². The fourth-order valence-electron chi connectivity index (χ4n) is 3.11. The summed E-state index contributed by atoms with van der Waals surface area (Å²) in [5.41, 5.74) is 0.0156. The molecule has 1 aliphatic rings. The van der Waals surface area contributed by atoms with Gasteiger partial charge in [-0.25, -0.2) is 0 Å². The molecule has 0 unspecified atom stereocenters. The SMILES string of the molecule is O=C(NCc1cccc(C(F)(F)F)c1)c1ccccc1SCC(=O)N1CCCC1. The molecule has 1 aliphatic heterocycles. The van der Waals surface area contributed by atoms with Gasteiger partial charge in [0.05, 0.1) is 16.9 Å². The molecule has 0 aliphatic carbocycles. The van der Waals surface area contributed by atoms with Crippen LogP contribution in [0.5, 0.6) is 0 Å². The zero-order chi connectivity index (χ0) is 20.9. The summed E-state index contributed by atoms with van der Waals surface area (Å²) in [6.45, 7) is 1.53. The third-order valence-corrected chi connectivity index (χ3v) is 5.71. The van der Waals surface area contributed by atoms with Crippen molar-refractivity contribution in [2.75, 3.05) is 18.8 Å². The van der Waals surface area contributed by atoms with Crippen molar-refractivity contribution in [2.45, 2.75) is 30.5 Å². The molecular formula is C21H21F3N2O2S. The molecule has 154 valence electrons. The molecule has 2 aromatic carbocycles. The predicted octanol–water partition coefficient (Wildman–Crippen LogP) is 4.35. The average Bonchev–Trinajstić information content (AvgIpc) is 3.25. The monoisotopic (exact) mass is 422 g/mol. The highest BCUT2D eigenvalue weighted by molar-refractivity contribution is 8.00. The zero-order valence-corrected chi connectivity index (χ0v) is 16.5. The second-order valence-electron chi connectivity index (χ2n) is 6.75. The molecule has 1 N–H and O–H groups in total. The Hall–Kier alpha value is -2.48. The molecular weight excluding hydrogens is 401 g/mol. The Kier molecular flexibility index (Phi) is 6.84. The molecule has 8 heteroatoms. The first-order valence-electron chi connectivity index (χ1n) is 9.28. The number of nitrogens with zero attached hydrogens (tertiary/aromatic N) is 1. The van der Waals surface area contributed by atoms with Crippen LogP contribution in [0.25, 0.3) is 0 Å². The number of hydrogen-bond donors (Lipinski definition) is 1. The van der Waals surface area contributed by atoms with E-state index in [-0.39, 0.29) is 24.1 Å². The lowest BCUT2D eigenvalue weighted by atomic mass is 10.1. The Morgan fingerprint density at radius 3 is 2.48 bits per heavy atom. The van der Waals surface area contributed by atoms with Crippen molar-refractivity contribution in [3.05, 3.63) is 65.2 Å². The summed E-state index contributed by atoms with van der Waals surface area (Å²) >= 11 is 1.30. The highest BCUT2D eigenvalue weighted by atomic mass is 32.2. The van der Waals surface area contributed by atoms with Gasteiger partial charge in [-0.15, -0.1) is 11.8 Å². The molecule has 0 aromatic heterocycles. The minimum absolute atomic E-state index is 0.0194. The van der Waals surface area contributed by atoms with Gasteiger partial charge < -0.3 is 10.2 Å². The van der Waals surface area contributed by atoms with Gasteiger partial charge in [0.1, 0.15) is 0 Å². The Bertz CT molecular complexity index is 880. The second kappa shape index (κ2) is 9.35. The molecule has 4 nitrogen and oxygen atoms in total. The topological polar surface area (TPSA) is 49.4 Å². The first-order chi connectivity index (χ1) is 13.8. The van der Waals surface area contributed by atoms with Crippen LogP contribution in [-0.2, 0) is 17.5 Å². The summed E-state index contributed by atoms with van der Waals surface area (Å²) in [5, 5.41) is 2.66. The number of carbonyl (C=O) groups is 2. The van der Waals surface area contributed by atoms with Crippen molar-refractivity contribution in [3.8, 4) is 0 Å². The Labute approximate surface area is 171 Å². The molecule has 0 radical (unpaired) electrons. The van der Waals surface area contributed by atoms with Crippen LogP contribution >= 0.6 is 11.8 Å². The largest absolute Gasteiger partial charge is 0.416 e. The number of carbonyl (C=O) groups excluding carboxylic acids is 2. The van der Waals surface area contributed by atoms with Crippen molar-refractivity contribution < 1.29 is 22.8 Å². The van der Waals surface area contributed by atoms with Gasteiger partial charge in [0.15, 0.2) is 0 Å². The Morgan fingerprint density at radius 2 is 1.76 bits per heavy atom. The number of nitrogens with one attached hydrogen (secondary N) is 1. The minimum Gasteiger partial charge on any atom is -0.348 e. The van der Waals surface area contributed by atoms with Crippen molar-refractivity contribution in [2.24, 2.45) is 0 Å². The number of alkyl halides is 3. The quantitative estimate of drug-likeness (QED) is 0.705. The van der Waals surface area contributed by atoms with Gasteiger partial charge in [0.2, 0.25) is 5.91 Å². The van der Waals surface area contributed by atoms with Gasteiger partial charge in [-0.3, -0.25) is 9.59 Å². The summed E-state index contributed by atoms with van der Waals surface area (Å²) in [5.74, 6) is -0.0939. The van der Waals surface area contributed by atoms with Crippen molar-refractivity contribution in [3.63, 3.8) is 0 Å². The smallest absolute Gasteiger partial charge is 0.348 e. The second-order valence-corrected chi connectivity index (χ2v) is 7.77. The molecule has 0 atom stereocenters. The number of halogens is 3. The normalized spacial score (nSPS) is 14.1. The van der Waals surface area contributed by atoms with Crippen LogP contribution in [0.3, 0.4) is 0 Å². The molecule has 3 rings (SSSR count). The number of amides is 2. The standard InChI is InChI=1S/C21H21F3N2O2S/c22-21(23,24)16-7-5-6-15(12-16)13-25-20(28)17-8-1-2-9-18(17)29-14-19(27)26-10-3-4-11-26/h1-2,5-9,12H,3-4,10-11,13-14H2,(H,25,28). The lowest BCUT2D eigenvalue weighted by Gasteiger charge is -2.15. The van der Waals surface area contributed by atoms with E-state index in [2.05, 4.69) is 5.32 Å². The number of hydrogen-bond acceptors (Lipinski definition) is 3. The van der Waals surface area contributed by atoms with Gasteiger partial charge in [-0.2, -0.15) is 13.2 Å². The maximum Gasteiger partial charge on any atom is 0.416 e. The summed E-state index contributed by atoms with van der Waals surface area (Å²) in [4.78, 5) is 27.3. The van der Waals surface area contributed by atoms with E-state index < -0.39 is 11.7 Å². The molecule has 2 amide bonds. The van der Waals surface area contributed by atoms with Crippen LogP contribution in [0.1, 0.15) is 34.3 Å². The van der Waals surface area contributed by atoms with E-state index in [1.807, 2.05) is 4.90 Å². The van der Waals surface area contributed by atoms with Crippen LogP contribution in [-0.4, -0.2) is 35.6 Å². The number of benzene rings is 2. The van der Waals surface area contributed by atoms with E-state index in [0.717, 1.165) is 38.1 Å². The van der Waals surface area contributed by atoms with Crippen molar-refractivity contribution in [1.29, 1.82) is 0 Å². The highest BCUT2D eigenvalue weighted by Crippen LogP contribution is 2.29. The maximum absolute atomic E-state index is 12.8. The van der Waals surface area contributed by atoms with Gasteiger partial charge >= 0.3 is 6.18 Å². The molecule has 0 bridgehead atoms. The lowest BCUT2D eigenvalue weighted by Crippen LogP contribution is -2.29. The molecule has 0 saturated carbocycles. The van der Waals surface area contributed by atoms with Crippen molar-refractivity contribution >= 4 is 23.6 Å². The maximum atomic E-state index is 12.8. The van der Waals surface area contributed by atoms with Crippen molar-refractivity contribution in [1.82, 2.24) is 10.2 Å². The van der Waals surface area contributed by atoms with Gasteiger partial charge in [-0.1, -0.05) is 24.3 Å². The van der Waals surface area contributed by atoms with E-state index in [4.69, 9.17) is 0 Å². The first kappa shape index (κ1) is 21.2. The van der Waals surface area contributed by atoms with Crippen LogP contribution < -0.4 is 5.32 Å². The molecule has 0 spiro atoms.